The van der Waals surface area contributed by atoms with E-state index in [1.807, 2.05) is 25.1 Å². The Morgan fingerprint density at radius 3 is 2.50 bits per heavy atom. The van der Waals surface area contributed by atoms with Gasteiger partial charge in [-0.25, -0.2) is 4.79 Å². The van der Waals surface area contributed by atoms with Crippen molar-refractivity contribution in [2.45, 2.75) is 38.7 Å². The number of carbonyl (C=O) groups is 2. The van der Waals surface area contributed by atoms with Crippen molar-refractivity contribution in [2.24, 2.45) is 5.92 Å². The van der Waals surface area contributed by atoms with Gasteiger partial charge in [0.25, 0.3) is 0 Å². The number of nitrogens with zero attached hydrogens (tertiary/aromatic N) is 1. The number of carboxylic acid groups (broad SMARTS) is 1. The zero-order valence-electron chi connectivity index (χ0n) is 15.1. The topological polar surface area (TPSA) is 88.1 Å². The van der Waals surface area contributed by atoms with E-state index in [1.54, 1.807) is 4.90 Å². The number of hydrogen-bond donors (Lipinski definition) is 2. The Morgan fingerprint density at radius 2 is 1.88 bits per heavy atom. The van der Waals surface area contributed by atoms with Crippen molar-refractivity contribution in [3.05, 3.63) is 23.8 Å². The summed E-state index contributed by atoms with van der Waals surface area (Å²) in [5, 5.41) is 11.9. The molecule has 0 radical (unpaired) electrons. The molecule has 7 heteroatoms. The lowest BCUT2D eigenvalue weighted by atomic mass is 9.97. The van der Waals surface area contributed by atoms with E-state index >= 15 is 0 Å². The van der Waals surface area contributed by atoms with Crippen LogP contribution in [0.1, 0.15) is 31.2 Å². The Hall–Kier alpha value is -2.28. The van der Waals surface area contributed by atoms with Gasteiger partial charge >= 0.3 is 12.0 Å². The fourth-order valence-electron chi connectivity index (χ4n) is 3.36. The van der Waals surface area contributed by atoms with Crippen LogP contribution in [-0.2, 0) is 9.53 Å². The molecule has 0 aromatic heterocycles. The lowest BCUT2D eigenvalue weighted by Crippen LogP contribution is -2.42. The third-order valence-corrected chi connectivity index (χ3v) is 5.02. The number of aliphatic carboxylic acids is 1. The zero-order chi connectivity index (χ0) is 18.5. The largest absolute Gasteiger partial charge is 0.490 e. The molecule has 3 rings (SSSR count). The van der Waals surface area contributed by atoms with Gasteiger partial charge in [0.2, 0.25) is 0 Å². The number of anilines is 1. The predicted octanol–water partition coefficient (Wildman–Crippen LogP) is 2.88. The highest BCUT2D eigenvalue weighted by atomic mass is 16.5. The molecule has 2 aliphatic rings. The molecule has 2 aliphatic heterocycles. The molecule has 0 bridgehead atoms. The van der Waals surface area contributed by atoms with Gasteiger partial charge < -0.3 is 24.8 Å². The summed E-state index contributed by atoms with van der Waals surface area (Å²) in [5.74, 6) is -0.291. The van der Waals surface area contributed by atoms with Crippen LogP contribution in [0.15, 0.2) is 18.2 Å². The summed E-state index contributed by atoms with van der Waals surface area (Å²) in [4.78, 5) is 25.0. The maximum absolute atomic E-state index is 12.4. The van der Waals surface area contributed by atoms with Gasteiger partial charge in [0.15, 0.2) is 0 Å². The molecule has 7 nitrogen and oxygen atoms in total. The van der Waals surface area contributed by atoms with Crippen molar-refractivity contribution >= 4 is 17.7 Å². The third kappa shape index (κ3) is 4.66. The number of urea groups is 1. The number of rotatable bonds is 4. The highest BCUT2D eigenvalue weighted by Gasteiger charge is 2.27. The molecule has 0 atom stereocenters. The summed E-state index contributed by atoms with van der Waals surface area (Å²) < 4.78 is 11.4. The minimum Gasteiger partial charge on any atom is -0.490 e. The summed E-state index contributed by atoms with van der Waals surface area (Å²) in [5.41, 5.74) is 1.69. The summed E-state index contributed by atoms with van der Waals surface area (Å²) >= 11 is 0. The van der Waals surface area contributed by atoms with Crippen molar-refractivity contribution in [1.82, 2.24) is 4.90 Å². The first-order valence-corrected chi connectivity index (χ1v) is 9.16. The molecule has 0 spiro atoms. The van der Waals surface area contributed by atoms with Crippen LogP contribution >= 0.6 is 0 Å². The van der Waals surface area contributed by atoms with E-state index in [0.717, 1.165) is 37.4 Å². The summed E-state index contributed by atoms with van der Waals surface area (Å²) in [7, 11) is 0. The van der Waals surface area contributed by atoms with Crippen molar-refractivity contribution in [3.63, 3.8) is 0 Å². The first-order valence-electron chi connectivity index (χ1n) is 9.16. The van der Waals surface area contributed by atoms with Crippen LogP contribution in [0.4, 0.5) is 10.5 Å². The second-order valence-electron chi connectivity index (χ2n) is 6.94. The van der Waals surface area contributed by atoms with E-state index in [4.69, 9.17) is 14.6 Å². The van der Waals surface area contributed by atoms with Crippen molar-refractivity contribution in [1.29, 1.82) is 0 Å². The van der Waals surface area contributed by atoms with Crippen LogP contribution in [0.2, 0.25) is 0 Å². The smallest absolute Gasteiger partial charge is 0.321 e. The van der Waals surface area contributed by atoms with E-state index in [0.29, 0.717) is 31.6 Å². The number of piperidine rings is 1. The molecule has 0 saturated carbocycles. The number of benzene rings is 1. The fraction of sp³-hybridized carbons (Fsp3) is 0.579. The van der Waals surface area contributed by atoms with E-state index in [2.05, 4.69) is 5.32 Å². The average Bonchev–Trinajstić information content (AvgIpc) is 2.65. The molecule has 2 N–H and O–H groups in total. The quantitative estimate of drug-likeness (QED) is 0.860. The van der Waals surface area contributed by atoms with Gasteiger partial charge in [-0.2, -0.15) is 0 Å². The molecule has 0 unspecified atom stereocenters. The van der Waals surface area contributed by atoms with Crippen molar-refractivity contribution in [3.8, 4) is 5.75 Å². The van der Waals surface area contributed by atoms with Crippen LogP contribution in [0.25, 0.3) is 0 Å². The third-order valence-electron chi connectivity index (χ3n) is 5.02. The number of carbonyl (C=O) groups excluding carboxylic acids is 1. The Kier molecular flexibility index (Phi) is 5.98. The molecule has 142 valence electrons. The Labute approximate surface area is 153 Å². The van der Waals surface area contributed by atoms with E-state index in [9.17, 15) is 9.59 Å². The van der Waals surface area contributed by atoms with Gasteiger partial charge in [0.05, 0.1) is 19.1 Å². The van der Waals surface area contributed by atoms with Crippen molar-refractivity contribution in [2.75, 3.05) is 31.6 Å². The average molecular weight is 362 g/mol. The van der Waals surface area contributed by atoms with Crippen LogP contribution in [0.3, 0.4) is 0 Å². The standard InChI is InChI=1S/C19H26N2O5/c1-13-12-15(2-3-17(13)26-16-6-10-25-11-7-16)20-19(24)21-8-4-14(5-9-21)18(22)23/h2-3,12,14,16H,4-11H2,1H3,(H,20,24)(H,22,23). The maximum Gasteiger partial charge on any atom is 0.321 e. The SMILES string of the molecule is Cc1cc(NC(=O)N2CCC(C(=O)O)CC2)ccc1OC1CCOCC1. The summed E-state index contributed by atoms with van der Waals surface area (Å²) in [6.07, 6.45) is 2.96. The fourth-order valence-corrected chi connectivity index (χ4v) is 3.36. The Morgan fingerprint density at radius 1 is 1.19 bits per heavy atom. The molecule has 1 aromatic rings. The molecule has 2 fully saturated rings. The normalized spacial score (nSPS) is 19.2. The Balaban J connectivity index is 1.54. The molecule has 2 heterocycles. The molecular formula is C19H26N2O5. The van der Waals surface area contributed by atoms with E-state index < -0.39 is 5.97 Å². The molecular weight excluding hydrogens is 336 g/mol. The minimum atomic E-state index is -0.777. The first-order chi connectivity index (χ1) is 12.5. The molecule has 26 heavy (non-hydrogen) atoms. The lowest BCUT2D eigenvalue weighted by molar-refractivity contribution is -0.143. The van der Waals surface area contributed by atoms with Gasteiger partial charge in [-0.05, 0) is 43.5 Å². The van der Waals surface area contributed by atoms with E-state index in [1.165, 1.54) is 0 Å². The lowest BCUT2D eigenvalue weighted by Gasteiger charge is -2.30. The first kappa shape index (κ1) is 18.5. The molecule has 2 saturated heterocycles. The number of carboxylic acids is 1. The Bertz CT molecular complexity index is 649. The molecule has 0 aliphatic carbocycles. The van der Waals surface area contributed by atoms with Gasteiger partial charge in [0, 0.05) is 31.6 Å². The van der Waals surface area contributed by atoms with Crippen LogP contribution in [0, 0.1) is 12.8 Å². The van der Waals surface area contributed by atoms with Crippen LogP contribution in [0.5, 0.6) is 5.75 Å². The summed E-state index contributed by atoms with van der Waals surface area (Å²) in [6, 6.07) is 5.43. The molecule has 2 amide bonds. The zero-order valence-corrected chi connectivity index (χ0v) is 15.1. The highest BCUT2D eigenvalue weighted by molar-refractivity contribution is 5.89. The number of amides is 2. The van der Waals surface area contributed by atoms with E-state index in [-0.39, 0.29) is 18.1 Å². The van der Waals surface area contributed by atoms with Crippen LogP contribution in [-0.4, -0.2) is 54.4 Å². The number of likely N-dealkylation sites (tertiary alicyclic amines) is 1. The molecule has 1 aromatic carbocycles. The monoisotopic (exact) mass is 362 g/mol. The number of aryl methyl sites for hydroxylation is 1. The van der Waals surface area contributed by atoms with Gasteiger partial charge in [-0.15, -0.1) is 0 Å². The highest BCUT2D eigenvalue weighted by Crippen LogP contribution is 2.26. The second-order valence-corrected chi connectivity index (χ2v) is 6.94. The predicted molar refractivity (Wildman–Crippen MR) is 96.6 cm³/mol. The van der Waals surface area contributed by atoms with Gasteiger partial charge in [-0.3, -0.25) is 4.79 Å². The number of hydrogen-bond acceptors (Lipinski definition) is 4. The summed E-state index contributed by atoms with van der Waals surface area (Å²) in [6.45, 7) is 4.36. The maximum atomic E-state index is 12.4. The number of ether oxygens (including phenoxy) is 2. The van der Waals surface area contributed by atoms with Crippen molar-refractivity contribution < 1.29 is 24.2 Å². The van der Waals surface area contributed by atoms with Gasteiger partial charge in [0.1, 0.15) is 11.9 Å². The minimum absolute atomic E-state index is 0.179. The van der Waals surface area contributed by atoms with Gasteiger partial charge in [-0.1, -0.05) is 0 Å². The number of nitrogens with one attached hydrogen (secondary N) is 1. The second kappa shape index (κ2) is 8.40. The van der Waals surface area contributed by atoms with Crippen LogP contribution < -0.4 is 10.1 Å².